The predicted octanol–water partition coefficient (Wildman–Crippen LogP) is 3.31. The van der Waals surface area contributed by atoms with Crippen molar-refractivity contribution in [3.8, 4) is 0 Å². The van der Waals surface area contributed by atoms with Crippen LogP contribution in [0.2, 0.25) is 0 Å². The van der Waals surface area contributed by atoms with Crippen LogP contribution in [-0.2, 0) is 9.47 Å². The van der Waals surface area contributed by atoms with Crippen molar-refractivity contribution in [2.45, 2.75) is 51.2 Å². The Morgan fingerprint density at radius 2 is 1.83 bits per heavy atom. The number of nitrogens with zero attached hydrogens (tertiary/aromatic N) is 3. The van der Waals surface area contributed by atoms with Gasteiger partial charge in [0.15, 0.2) is 5.96 Å². The van der Waals surface area contributed by atoms with Crippen LogP contribution in [0.5, 0.6) is 0 Å². The summed E-state index contributed by atoms with van der Waals surface area (Å²) in [5.74, 6) is 1.05. The second-order valence-electron chi connectivity index (χ2n) is 8.27. The zero-order chi connectivity index (χ0) is 21.0. The van der Waals surface area contributed by atoms with E-state index in [1.165, 1.54) is 31.5 Å². The number of guanidine groups is 1. The molecule has 0 amide bonds. The zero-order valence-corrected chi connectivity index (χ0v) is 18.9. The van der Waals surface area contributed by atoms with Crippen molar-refractivity contribution < 1.29 is 9.47 Å². The number of piperidine rings is 1. The van der Waals surface area contributed by atoms with E-state index in [4.69, 9.17) is 14.5 Å². The SMILES string of the molecule is CCNC(=NCC(c1ccccc1)N1CCCC1)N1CCC(OCCCOC)CC1. The molecular formula is C24H40N4O2. The lowest BCUT2D eigenvalue weighted by Gasteiger charge is -2.35. The fraction of sp³-hybridized carbons (Fsp3) is 0.708. The highest BCUT2D eigenvalue weighted by molar-refractivity contribution is 5.80. The van der Waals surface area contributed by atoms with Gasteiger partial charge in [0.05, 0.1) is 18.7 Å². The smallest absolute Gasteiger partial charge is 0.193 e. The largest absolute Gasteiger partial charge is 0.385 e. The van der Waals surface area contributed by atoms with Gasteiger partial charge in [0.25, 0.3) is 0 Å². The molecule has 1 aromatic rings. The van der Waals surface area contributed by atoms with Gasteiger partial charge in [-0.1, -0.05) is 30.3 Å². The number of methoxy groups -OCH3 is 1. The summed E-state index contributed by atoms with van der Waals surface area (Å²) in [7, 11) is 1.74. The van der Waals surface area contributed by atoms with E-state index in [9.17, 15) is 0 Å². The Morgan fingerprint density at radius 3 is 2.50 bits per heavy atom. The van der Waals surface area contributed by atoms with E-state index in [0.29, 0.717) is 12.1 Å². The highest BCUT2D eigenvalue weighted by atomic mass is 16.5. The molecule has 0 aromatic heterocycles. The predicted molar refractivity (Wildman–Crippen MR) is 123 cm³/mol. The molecule has 1 atom stereocenters. The molecule has 30 heavy (non-hydrogen) atoms. The molecule has 2 saturated heterocycles. The molecule has 168 valence electrons. The monoisotopic (exact) mass is 416 g/mol. The molecule has 3 rings (SSSR count). The minimum Gasteiger partial charge on any atom is -0.385 e. The first kappa shape index (κ1) is 23.0. The molecule has 0 radical (unpaired) electrons. The minimum absolute atomic E-state index is 0.364. The van der Waals surface area contributed by atoms with E-state index in [1.54, 1.807) is 7.11 Å². The Balaban J connectivity index is 1.58. The average molecular weight is 417 g/mol. The highest BCUT2D eigenvalue weighted by Gasteiger charge is 2.25. The van der Waals surface area contributed by atoms with Crippen LogP contribution >= 0.6 is 0 Å². The van der Waals surface area contributed by atoms with E-state index < -0.39 is 0 Å². The molecule has 0 bridgehead atoms. The Labute approximate surface area is 182 Å². The van der Waals surface area contributed by atoms with Crippen LogP contribution in [-0.4, -0.2) is 81.5 Å². The van der Waals surface area contributed by atoms with Crippen LogP contribution in [0.25, 0.3) is 0 Å². The lowest BCUT2D eigenvalue weighted by Crippen LogP contribution is -2.47. The maximum Gasteiger partial charge on any atom is 0.193 e. The molecule has 1 N–H and O–H groups in total. The van der Waals surface area contributed by atoms with E-state index in [2.05, 4.69) is 52.4 Å². The summed E-state index contributed by atoms with van der Waals surface area (Å²) in [5.41, 5.74) is 1.38. The molecular weight excluding hydrogens is 376 g/mol. The van der Waals surface area contributed by atoms with E-state index >= 15 is 0 Å². The van der Waals surface area contributed by atoms with Gasteiger partial charge in [0.1, 0.15) is 0 Å². The van der Waals surface area contributed by atoms with Crippen LogP contribution in [0.4, 0.5) is 0 Å². The first-order valence-electron chi connectivity index (χ1n) is 11.7. The first-order valence-corrected chi connectivity index (χ1v) is 11.7. The van der Waals surface area contributed by atoms with E-state index in [0.717, 1.165) is 64.6 Å². The molecule has 2 aliphatic heterocycles. The number of aliphatic imine (C=N–C) groups is 1. The molecule has 1 unspecified atom stereocenters. The third-order valence-electron chi connectivity index (χ3n) is 6.10. The third-order valence-corrected chi connectivity index (χ3v) is 6.10. The molecule has 6 heteroatoms. The summed E-state index contributed by atoms with van der Waals surface area (Å²) in [6.45, 7) is 9.77. The van der Waals surface area contributed by atoms with Crippen molar-refractivity contribution in [2.75, 3.05) is 59.6 Å². The van der Waals surface area contributed by atoms with Crippen molar-refractivity contribution in [3.63, 3.8) is 0 Å². The van der Waals surface area contributed by atoms with Gasteiger partial charge in [0.2, 0.25) is 0 Å². The zero-order valence-electron chi connectivity index (χ0n) is 18.9. The van der Waals surface area contributed by atoms with Gasteiger partial charge in [-0.25, -0.2) is 0 Å². The second-order valence-corrected chi connectivity index (χ2v) is 8.27. The molecule has 2 aliphatic rings. The van der Waals surface area contributed by atoms with Crippen molar-refractivity contribution in [2.24, 2.45) is 4.99 Å². The second kappa shape index (κ2) is 12.9. The molecule has 0 spiro atoms. The van der Waals surface area contributed by atoms with Crippen molar-refractivity contribution in [3.05, 3.63) is 35.9 Å². The number of rotatable bonds is 10. The average Bonchev–Trinajstić information content (AvgIpc) is 3.32. The van der Waals surface area contributed by atoms with Crippen LogP contribution in [0.1, 0.15) is 50.6 Å². The number of ether oxygens (including phenoxy) is 2. The van der Waals surface area contributed by atoms with Gasteiger partial charge < -0.3 is 19.7 Å². The summed E-state index contributed by atoms with van der Waals surface area (Å²) in [6, 6.07) is 11.2. The van der Waals surface area contributed by atoms with Gasteiger partial charge >= 0.3 is 0 Å². The Hall–Kier alpha value is -1.63. The quantitative estimate of drug-likeness (QED) is 0.360. The van der Waals surface area contributed by atoms with Gasteiger partial charge in [0, 0.05) is 40.0 Å². The van der Waals surface area contributed by atoms with E-state index in [-0.39, 0.29) is 0 Å². The van der Waals surface area contributed by atoms with Gasteiger partial charge in [-0.3, -0.25) is 9.89 Å². The summed E-state index contributed by atoms with van der Waals surface area (Å²) < 4.78 is 11.1. The number of hydrogen-bond donors (Lipinski definition) is 1. The van der Waals surface area contributed by atoms with Crippen LogP contribution < -0.4 is 5.32 Å². The summed E-state index contributed by atoms with van der Waals surface area (Å²) in [4.78, 5) is 10.1. The van der Waals surface area contributed by atoms with E-state index in [1.807, 2.05) is 0 Å². The van der Waals surface area contributed by atoms with Crippen molar-refractivity contribution >= 4 is 5.96 Å². The van der Waals surface area contributed by atoms with Gasteiger partial charge in [-0.15, -0.1) is 0 Å². The third kappa shape index (κ3) is 6.96. The maximum atomic E-state index is 6.02. The lowest BCUT2D eigenvalue weighted by atomic mass is 10.1. The van der Waals surface area contributed by atoms with Gasteiger partial charge in [-0.2, -0.15) is 0 Å². The normalized spacial score (nSPS) is 19.9. The number of nitrogens with one attached hydrogen (secondary N) is 1. The molecule has 2 heterocycles. The number of benzene rings is 1. The fourth-order valence-electron chi connectivity index (χ4n) is 4.45. The van der Waals surface area contributed by atoms with Crippen molar-refractivity contribution in [1.29, 1.82) is 0 Å². The summed E-state index contributed by atoms with van der Waals surface area (Å²) in [6.07, 6.45) is 6.05. The van der Waals surface area contributed by atoms with Crippen LogP contribution in [0.3, 0.4) is 0 Å². The molecule has 0 saturated carbocycles. The number of hydrogen-bond acceptors (Lipinski definition) is 4. The van der Waals surface area contributed by atoms with Crippen molar-refractivity contribution in [1.82, 2.24) is 15.1 Å². The summed E-state index contributed by atoms with van der Waals surface area (Å²) >= 11 is 0. The highest BCUT2D eigenvalue weighted by Crippen LogP contribution is 2.25. The van der Waals surface area contributed by atoms with Gasteiger partial charge in [-0.05, 0) is 57.7 Å². The molecule has 1 aromatic carbocycles. The molecule has 2 fully saturated rings. The Kier molecular flexibility index (Phi) is 9.93. The fourth-order valence-corrected chi connectivity index (χ4v) is 4.45. The number of likely N-dealkylation sites (tertiary alicyclic amines) is 2. The Bertz CT molecular complexity index is 611. The standard InChI is InChI=1S/C24H40N4O2/c1-3-25-24(28-16-12-22(13-17-28)30-19-9-18-29-2)26-20-23(27-14-7-8-15-27)21-10-5-4-6-11-21/h4-6,10-11,22-23H,3,7-9,12-20H2,1-2H3,(H,25,26). The topological polar surface area (TPSA) is 49.3 Å². The van der Waals surface area contributed by atoms with Crippen LogP contribution in [0.15, 0.2) is 35.3 Å². The summed E-state index contributed by atoms with van der Waals surface area (Å²) in [5, 5.41) is 3.52. The lowest BCUT2D eigenvalue weighted by molar-refractivity contribution is 0.00989. The first-order chi connectivity index (χ1) is 14.8. The Morgan fingerprint density at radius 1 is 1.10 bits per heavy atom. The molecule has 0 aliphatic carbocycles. The minimum atomic E-state index is 0.364. The van der Waals surface area contributed by atoms with Crippen LogP contribution in [0, 0.1) is 0 Å². The molecule has 6 nitrogen and oxygen atoms in total. The maximum absolute atomic E-state index is 6.02.